The molecule has 0 radical (unpaired) electrons. The number of aromatic nitrogens is 3. The van der Waals surface area contributed by atoms with Gasteiger partial charge in [0.25, 0.3) is 0 Å². The first-order valence-electron chi connectivity index (χ1n) is 7.98. The average Bonchev–Trinajstić information content (AvgIpc) is 2.66. The van der Waals surface area contributed by atoms with Gasteiger partial charge in [0.2, 0.25) is 17.8 Å². The van der Waals surface area contributed by atoms with E-state index in [2.05, 4.69) is 20.3 Å². The first-order valence-corrected chi connectivity index (χ1v) is 8.86. The summed E-state index contributed by atoms with van der Waals surface area (Å²) >= 11 is 1.15. The number of nitrogen functional groups attached to an aromatic ring is 2. The first-order chi connectivity index (χ1) is 13.0. The predicted octanol–water partition coefficient (Wildman–Crippen LogP) is 2.52. The second-order valence-electron chi connectivity index (χ2n) is 5.46. The molecule has 1 aromatic heterocycles. The average molecular weight is 382 g/mol. The highest BCUT2D eigenvalue weighted by atomic mass is 32.2. The van der Waals surface area contributed by atoms with E-state index in [0.29, 0.717) is 11.4 Å². The third-order valence-electron chi connectivity index (χ3n) is 3.57. The van der Waals surface area contributed by atoms with E-state index in [1.54, 1.807) is 31.4 Å². The van der Waals surface area contributed by atoms with Crippen molar-refractivity contribution in [3.05, 3.63) is 60.2 Å². The van der Waals surface area contributed by atoms with Gasteiger partial charge in [-0.2, -0.15) is 15.0 Å². The lowest BCUT2D eigenvalue weighted by Crippen LogP contribution is -2.19. The number of carbonyl (C=O) groups is 1. The number of nitrogens with one attached hydrogen (secondary N) is 1. The number of amides is 1. The Labute approximate surface area is 160 Å². The van der Waals surface area contributed by atoms with Crippen molar-refractivity contribution in [3.63, 3.8) is 0 Å². The van der Waals surface area contributed by atoms with Crippen molar-refractivity contribution in [1.29, 1.82) is 0 Å². The van der Waals surface area contributed by atoms with E-state index in [4.69, 9.17) is 16.2 Å². The van der Waals surface area contributed by atoms with Crippen LogP contribution in [0.2, 0.25) is 0 Å². The van der Waals surface area contributed by atoms with E-state index in [-0.39, 0.29) is 23.0 Å². The maximum absolute atomic E-state index is 12.9. The fraction of sp³-hybridized carbons (Fsp3) is 0.111. The molecule has 1 unspecified atom stereocenters. The summed E-state index contributed by atoms with van der Waals surface area (Å²) in [5.74, 6) is 0.492. The third kappa shape index (κ3) is 4.85. The molecular weight excluding hydrogens is 364 g/mol. The highest BCUT2D eigenvalue weighted by Crippen LogP contribution is 2.34. The molecule has 0 spiro atoms. The number of nitrogens with zero attached hydrogens (tertiary/aromatic N) is 3. The molecule has 0 saturated heterocycles. The number of benzene rings is 2. The number of methoxy groups -OCH3 is 1. The molecule has 0 aliphatic carbocycles. The van der Waals surface area contributed by atoms with Crippen LogP contribution in [0.5, 0.6) is 5.75 Å². The largest absolute Gasteiger partial charge is 0.497 e. The van der Waals surface area contributed by atoms with Crippen LogP contribution < -0.4 is 21.5 Å². The summed E-state index contributed by atoms with van der Waals surface area (Å²) in [4.78, 5) is 24.8. The topological polar surface area (TPSA) is 129 Å². The number of hydrogen-bond acceptors (Lipinski definition) is 8. The molecule has 2 aromatic carbocycles. The summed E-state index contributed by atoms with van der Waals surface area (Å²) in [5, 5.41) is 2.57. The number of nitrogens with two attached hydrogens (primary N) is 2. The Hall–Kier alpha value is -3.33. The van der Waals surface area contributed by atoms with Crippen LogP contribution in [0.25, 0.3) is 0 Å². The summed E-state index contributed by atoms with van der Waals surface area (Å²) in [6.45, 7) is 0. The minimum Gasteiger partial charge on any atom is -0.497 e. The Morgan fingerprint density at radius 1 is 1.00 bits per heavy atom. The van der Waals surface area contributed by atoms with Crippen LogP contribution in [-0.4, -0.2) is 28.0 Å². The monoisotopic (exact) mass is 382 g/mol. The molecular formula is C18H18N6O2S. The van der Waals surface area contributed by atoms with Crippen LogP contribution >= 0.6 is 11.8 Å². The van der Waals surface area contributed by atoms with Crippen molar-refractivity contribution < 1.29 is 9.53 Å². The Bertz CT molecular complexity index is 901. The van der Waals surface area contributed by atoms with Gasteiger partial charge >= 0.3 is 0 Å². The van der Waals surface area contributed by atoms with Gasteiger partial charge in [-0.05, 0) is 29.8 Å². The van der Waals surface area contributed by atoms with Gasteiger partial charge in [-0.1, -0.05) is 42.1 Å². The van der Waals surface area contributed by atoms with E-state index in [9.17, 15) is 4.79 Å². The number of ether oxygens (including phenoxy) is 1. The second-order valence-corrected chi connectivity index (χ2v) is 6.53. The standard InChI is InChI=1S/C18H18N6O2S/c1-26-13-9-7-12(8-10-13)21-15(25)14(11-5-3-2-4-6-11)27-18-23-16(19)22-17(20)24-18/h2-10,14H,1H3,(H,21,25)(H4,19,20,22,23,24). The first kappa shape index (κ1) is 18.5. The minimum absolute atomic E-state index is 0.00683. The van der Waals surface area contributed by atoms with Crippen molar-refractivity contribution in [2.75, 3.05) is 23.9 Å². The summed E-state index contributed by atoms with van der Waals surface area (Å²) in [7, 11) is 1.59. The number of hydrogen-bond donors (Lipinski definition) is 3. The number of carbonyl (C=O) groups excluding carboxylic acids is 1. The molecule has 0 fully saturated rings. The zero-order valence-corrected chi connectivity index (χ0v) is 15.3. The zero-order valence-electron chi connectivity index (χ0n) is 14.5. The lowest BCUT2D eigenvalue weighted by Gasteiger charge is -2.16. The fourth-order valence-electron chi connectivity index (χ4n) is 2.33. The summed E-state index contributed by atoms with van der Waals surface area (Å²) in [6.07, 6.45) is 0. The van der Waals surface area contributed by atoms with Gasteiger partial charge in [0.15, 0.2) is 5.16 Å². The molecule has 5 N–H and O–H groups in total. The molecule has 0 bridgehead atoms. The lowest BCUT2D eigenvalue weighted by molar-refractivity contribution is -0.115. The SMILES string of the molecule is COc1ccc(NC(=O)C(Sc2nc(N)nc(N)n2)c2ccccc2)cc1. The quantitative estimate of drug-likeness (QED) is 0.555. The van der Waals surface area contributed by atoms with Gasteiger partial charge in [-0.25, -0.2) is 0 Å². The summed E-state index contributed by atoms with van der Waals surface area (Å²) in [5.41, 5.74) is 12.7. The molecule has 27 heavy (non-hydrogen) atoms. The van der Waals surface area contributed by atoms with Gasteiger partial charge < -0.3 is 21.5 Å². The van der Waals surface area contributed by atoms with Gasteiger partial charge in [-0.3, -0.25) is 4.79 Å². The molecule has 1 amide bonds. The smallest absolute Gasteiger partial charge is 0.242 e. The van der Waals surface area contributed by atoms with Gasteiger partial charge in [0, 0.05) is 5.69 Å². The Kier molecular flexibility index (Phi) is 5.72. The number of thioether (sulfide) groups is 1. The predicted molar refractivity (Wildman–Crippen MR) is 105 cm³/mol. The molecule has 138 valence electrons. The molecule has 0 aliphatic rings. The molecule has 9 heteroatoms. The van der Waals surface area contributed by atoms with Crippen molar-refractivity contribution >= 4 is 35.3 Å². The highest BCUT2D eigenvalue weighted by molar-refractivity contribution is 8.00. The van der Waals surface area contributed by atoms with Crippen molar-refractivity contribution in [2.45, 2.75) is 10.4 Å². The van der Waals surface area contributed by atoms with E-state index < -0.39 is 5.25 Å². The van der Waals surface area contributed by atoms with E-state index in [0.717, 1.165) is 17.3 Å². The van der Waals surface area contributed by atoms with Crippen LogP contribution in [0.4, 0.5) is 17.6 Å². The van der Waals surface area contributed by atoms with Crippen LogP contribution in [0.3, 0.4) is 0 Å². The lowest BCUT2D eigenvalue weighted by atomic mass is 10.1. The van der Waals surface area contributed by atoms with E-state index in [1.165, 1.54) is 0 Å². The summed E-state index contributed by atoms with van der Waals surface area (Å²) in [6, 6.07) is 16.4. The molecule has 1 atom stereocenters. The maximum Gasteiger partial charge on any atom is 0.242 e. The third-order valence-corrected chi connectivity index (χ3v) is 4.69. The zero-order chi connectivity index (χ0) is 19.2. The van der Waals surface area contributed by atoms with E-state index >= 15 is 0 Å². The Morgan fingerprint density at radius 3 is 2.22 bits per heavy atom. The minimum atomic E-state index is -0.602. The molecule has 3 aromatic rings. The normalized spacial score (nSPS) is 11.6. The second kappa shape index (κ2) is 8.37. The van der Waals surface area contributed by atoms with Crippen LogP contribution in [-0.2, 0) is 4.79 Å². The molecule has 0 aliphatic heterocycles. The van der Waals surface area contributed by atoms with E-state index in [1.807, 2.05) is 30.3 Å². The number of rotatable bonds is 6. The molecule has 3 rings (SSSR count). The maximum atomic E-state index is 12.9. The van der Waals surface area contributed by atoms with Gasteiger partial charge in [0.05, 0.1) is 7.11 Å². The molecule has 1 heterocycles. The van der Waals surface area contributed by atoms with Crippen LogP contribution in [0.15, 0.2) is 59.8 Å². The van der Waals surface area contributed by atoms with Crippen molar-refractivity contribution in [3.8, 4) is 5.75 Å². The number of anilines is 3. The van der Waals surface area contributed by atoms with Gasteiger partial charge in [0.1, 0.15) is 11.0 Å². The Balaban J connectivity index is 1.85. The molecule has 0 saturated carbocycles. The fourth-order valence-corrected chi connectivity index (χ4v) is 3.29. The van der Waals surface area contributed by atoms with Crippen LogP contribution in [0, 0.1) is 0 Å². The van der Waals surface area contributed by atoms with Gasteiger partial charge in [-0.15, -0.1) is 0 Å². The summed E-state index contributed by atoms with van der Waals surface area (Å²) < 4.78 is 5.13. The van der Waals surface area contributed by atoms with Crippen molar-refractivity contribution in [1.82, 2.24) is 15.0 Å². The van der Waals surface area contributed by atoms with Crippen molar-refractivity contribution in [2.24, 2.45) is 0 Å². The Morgan fingerprint density at radius 2 is 1.63 bits per heavy atom. The highest BCUT2D eigenvalue weighted by Gasteiger charge is 2.24. The van der Waals surface area contributed by atoms with Crippen LogP contribution in [0.1, 0.15) is 10.8 Å². The molecule has 8 nitrogen and oxygen atoms in total.